The van der Waals surface area contributed by atoms with Gasteiger partial charge < -0.3 is 20.1 Å². The van der Waals surface area contributed by atoms with Crippen LogP contribution in [0.2, 0.25) is 0 Å². The van der Waals surface area contributed by atoms with Crippen LogP contribution < -0.4 is 10.1 Å². The van der Waals surface area contributed by atoms with Gasteiger partial charge in [0, 0.05) is 19.6 Å². The van der Waals surface area contributed by atoms with E-state index in [2.05, 4.69) is 12.2 Å². The van der Waals surface area contributed by atoms with Crippen LogP contribution in [-0.4, -0.2) is 41.7 Å². The van der Waals surface area contributed by atoms with Crippen molar-refractivity contribution in [2.75, 3.05) is 19.7 Å². The maximum Gasteiger partial charge on any atom is 0.317 e. The molecular weight excluding hydrogens is 308 g/mol. The predicted molar refractivity (Wildman–Crippen MR) is 91.1 cm³/mol. The number of carboxylic acid groups (broad SMARTS) is 1. The number of piperidine rings is 1. The minimum atomic E-state index is -0.768. The number of ether oxygens (including phenoxy) is 1. The first-order valence-corrected chi connectivity index (χ1v) is 8.49. The number of carbonyl (C=O) groups is 2. The van der Waals surface area contributed by atoms with Crippen molar-refractivity contribution in [1.29, 1.82) is 0 Å². The second-order valence-corrected chi connectivity index (χ2v) is 6.20. The number of aliphatic carboxylic acids is 1. The Labute approximate surface area is 142 Å². The first-order chi connectivity index (χ1) is 11.5. The quantitative estimate of drug-likeness (QED) is 0.838. The Hall–Kier alpha value is -2.24. The highest BCUT2D eigenvalue weighted by atomic mass is 16.5. The molecule has 1 saturated heterocycles. The maximum absolute atomic E-state index is 12.2. The summed E-state index contributed by atoms with van der Waals surface area (Å²) in [6.45, 7) is 6.20. The van der Waals surface area contributed by atoms with Gasteiger partial charge in [-0.3, -0.25) is 4.79 Å². The van der Waals surface area contributed by atoms with E-state index in [0.717, 1.165) is 23.3 Å². The van der Waals surface area contributed by atoms with Crippen molar-refractivity contribution in [1.82, 2.24) is 10.2 Å². The number of likely N-dealkylation sites (tertiary alicyclic amines) is 1. The molecule has 132 valence electrons. The van der Waals surface area contributed by atoms with Crippen LogP contribution >= 0.6 is 0 Å². The molecule has 6 heteroatoms. The lowest BCUT2D eigenvalue weighted by molar-refractivity contribution is -0.143. The van der Waals surface area contributed by atoms with E-state index in [4.69, 9.17) is 9.84 Å². The van der Waals surface area contributed by atoms with Gasteiger partial charge in [0.2, 0.25) is 0 Å². The van der Waals surface area contributed by atoms with E-state index in [9.17, 15) is 9.59 Å². The Kier molecular flexibility index (Phi) is 6.46. The zero-order chi connectivity index (χ0) is 17.5. The van der Waals surface area contributed by atoms with Crippen molar-refractivity contribution in [2.45, 2.75) is 39.7 Å². The molecule has 6 nitrogen and oxygen atoms in total. The normalized spacial score (nSPS) is 15.2. The van der Waals surface area contributed by atoms with E-state index in [-0.39, 0.29) is 11.9 Å². The Morgan fingerprint density at radius 1 is 1.33 bits per heavy atom. The van der Waals surface area contributed by atoms with Gasteiger partial charge in [-0.05, 0) is 49.4 Å². The van der Waals surface area contributed by atoms with Crippen LogP contribution in [0.15, 0.2) is 18.2 Å². The molecule has 0 unspecified atom stereocenters. The molecule has 1 heterocycles. The topological polar surface area (TPSA) is 78.9 Å². The van der Waals surface area contributed by atoms with Gasteiger partial charge in [-0.2, -0.15) is 0 Å². The molecule has 0 aromatic heterocycles. The van der Waals surface area contributed by atoms with Gasteiger partial charge in [-0.15, -0.1) is 0 Å². The van der Waals surface area contributed by atoms with E-state index in [0.29, 0.717) is 39.1 Å². The van der Waals surface area contributed by atoms with E-state index in [1.54, 1.807) is 4.90 Å². The molecule has 2 N–H and O–H groups in total. The Bertz CT molecular complexity index is 580. The summed E-state index contributed by atoms with van der Waals surface area (Å²) in [6, 6.07) is 5.74. The summed E-state index contributed by atoms with van der Waals surface area (Å²) in [6.07, 6.45) is 2.01. The number of aryl methyl sites for hydroxylation is 1. The molecule has 1 aliphatic rings. The third-order valence-corrected chi connectivity index (χ3v) is 4.35. The molecule has 0 bridgehead atoms. The van der Waals surface area contributed by atoms with Gasteiger partial charge in [-0.25, -0.2) is 4.79 Å². The lowest BCUT2D eigenvalue weighted by Crippen LogP contribution is -2.45. The lowest BCUT2D eigenvalue weighted by Gasteiger charge is -2.30. The number of hydrogen-bond acceptors (Lipinski definition) is 3. The number of rotatable bonds is 6. The third kappa shape index (κ3) is 4.88. The summed E-state index contributed by atoms with van der Waals surface area (Å²) in [7, 11) is 0. The van der Waals surface area contributed by atoms with Gasteiger partial charge in [0.05, 0.1) is 12.5 Å². The van der Waals surface area contributed by atoms with Gasteiger partial charge in [0.25, 0.3) is 0 Å². The summed E-state index contributed by atoms with van der Waals surface area (Å²) in [4.78, 5) is 24.8. The summed E-state index contributed by atoms with van der Waals surface area (Å²) in [5, 5.41) is 11.9. The molecule has 0 aliphatic carbocycles. The first kappa shape index (κ1) is 18.1. The fourth-order valence-electron chi connectivity index (χ4n) is 2.79. The molecule has 0 radical (unpaired) electrons. The van der Waals surface area contributed by atoms with E-state index < -0.39 is 5.97 Å². The number of urea groups is 1. The standard InChI is InChI=1S/C18H26N2O4/c1-3-10-24-16-5-4-15(13(2)11-16)12-19-18(23)20-8-6-14(7-9-20)17(21)22/h4-5,11,14H,3,6-10,12H2,1-2H3,(H,19,23)(H,21,22). The molecule has 1 aliphatic heterocycles. The van der Waals surface area contributed by atoms with E-state index in [1.807, 2.05) is 25.1 Å². The van der Waals surface area contributed by atoms with Crippen LogP contribution in [0.5, 0.6) is 5.75 Å². The molecule has 2 rings (SSSR count). The first-order valence-electron chi connectivity index (χ1n) is 8.49. The molecule has 2 amide bonds. The van der Waals surface area contributed by atoms with Crippen molar-refractivity contribution in [3.8, 4) is 5.75 Å². The second-order valence-electron chi connectivity index (χ2n) is 6.20. The fraction of sp³-hybridized carbons (Fsp3) is 0.556. The predicted octanol–water partition coefficient (Wildman–Crippen LogP) is 2.79. The molecule has 0 spiro atoms. The monoisotopic (exact) mass is 334 g/mol. The highest BCUT2D eigenvalue weighted by Crippen LogP contribution is 2.19. The maximum atomic E-state index is 12.2. The Balaban J connectivity index is 1.82. The average molecular weight is 334 g/mol. The number of nitrogens with zero attached hydrogens (tertiary/aromatic N) is 1. The second kappa shape index (κ2) is 8.57. The number of carbonyl (C=O) groups excluding carboxylic acids is 1. The van der Waals surface area contributed by atoms with Crippen molar-refractivity contribution in [2.24, 2.45) is 5.92 Å². The number of nitrogens with one attached hydrogen (secondary N) is 1. The smallest absolute Gasteiger partial charge is 0.317 e. The van der Waals surface area contributed by atoms with Gasteiger partial charge in [0.15, 0.2) is 0 Å². The molecule has 0 saturated carbocycles. The van der Waals surface area contributed by atoms with Crippen LogP contribution in [-0.2, 0) is 11.3 Å². The molecule has 1 aromatic carbocycles. The largest absolute Gasteiger partial charge is 0.494 e. The molecule has 1 aromatic rings. The van der Waals surface area contributed by atoms with Crippen molar-refractivity contribution < 1.29 is 19.4 Å². The zero-order valence-electron chi connectivity index (χ0n) is 14.4. The highest BCUT2D eigenvalue weighted by molar-refractivity contribution is 5.75. The molecule has 24 heavy (non-hydrogen) atoms. The molecular formula is C18H26N2O4. The summed E-state index contributed by atoms with van der Waals surface area (Å²) >= 11 is 0. The van der Waals surface area contributed by atoms with Crippen molar-refractivity contribution in [3.63, 3.8) is 0 Å². The number of hydrogen-bond donors (Lipinski definition) is 2. The molecule has 1 fully saturated rings. The minimum Gasteiger partial charge on any atom is -0.494 e. The zero-order valence-corrected chi connectivity index (χ0v) is 14.4. The number of carboxylic acids is 1. The Morgan fingerprint density at radius 2 is 2.04 bits per heavy atom. The van der Waals surface area contributed by atoms with Crippen LogP contribution in [0.4, 0.5) is 4.79 Å². The summed E-state index contributed by atoms with van der Waals surface area (Å²) in [5.41, 5.74) is 2.13. The Morgan fingerprint density at radius 3 is 2.62 bits per heavy atom. The van der Waals surface area contributed by atoms with Crippen LogP contribution in [0.25, 0.3) is 0 Å². The SMILES string of the molecule is CCCOc1ccc(CNC(=O)N2CCC(C(=O)O)CC2)c(C)c1. The van der Waals surface area contributed by atoms with Gasteiger partial charge >= 0.3 is 12.0 Å². The summed E-state index contributed by atoms with van der Waals surface area (Å²) in [5.74, 6) is -0.247. The number of amides is 2. The van der Waals surface area contributed by atoms with Crippen LogP contribution in [0.1, 0.15) is 37.3 Å². The fourth-order valence-corrected chi connectivity index (χ4v) is 2.79. The van der Waals surface area contributed by atoms with Crippen LogP contribution in [0, 0.1) is 12.8 Å². The van der Waals surface area contributed by atoms with Crippen molar-refractivity contribution in [3.05, 3.63) is 29.3 Å². The summed E-state index contributed by atoms with van der Waals surface area (Å²) < 4.78 is 5.60. The van der Waals surface area contributed by atoms with Crippen LogP contribution in [0.3, 0.4) is 0 Å². The minimum absolute atomic E-state index is 0.135. The van der Waals surface area contributed by atoms with E-state index >= 15 is 0 Å². The average Bonchev–Trinajstić information content (AvgIpc) is 2.59. The highest BCUT2D eigenvalue weighted by Gasteiger charge is 2.26. The molecule has 0 atom stereocenters. The van der Waals surface area contributed by atoms with Gasteiger partial charge in [0.1, 0.15) is 5.75 Å². The van der Waals surface area contributed by atoms with Gasteiger partial charge in [-0.1, -0.05) is 13.0 Å². The number of benzene rings is 1. The third-order valence-electron chi connectivity index (χ3n) is 4.35. The lowest BCUT2D eigenvalue weighted by atomic mass is 9.97. The van der Waals surface area contributed by atoms with Crippen molar-refractivity contribution >= 4 is 12.0 Å². The van der Waals surface area contributed by atoms with E-state index in [1.165, 1.54) is 0 Å².